The zero-order valence-corrected chi connectivity index (χ0v) is 18.3. The molecule has 172 valence electrons. The van der Waals surface area contributed by atoms with Crippen molar-refractivity contribution in [2.24, 2.45) is 0 Å². The highest BCUT2D eigenvalue weighted by Crippen LogP contribution is 2.37. The van der Waals surface area contributed by atoms with Gasteiger partial charge in [-0.15, -0.1) is 0 Å². The molecule has 0 aromatic carbocycles. The van der Waals surface area contributed by atoms with Crippen LogP contribution in [-0.4, -0.2) is 48.3 Å². The van der Waals surface area contributed by atoms with Crippen LogP contribution in [0.1, 0.15) is 19.3 Å². The molecule has 6 rings (SSSR count). The number of ether oxygens (including phenoxy) is 1. The van der Waals surface area contributed by atoms with E-state index in [1.807, 2.05) is 34.9 Å². The minimum absolute atomic E-state index is 0.0959. The minimum atomic E-state index is -2.73. The summed E-state index contributed by atoms with van der Waals surface area (Å²) in [4.78, 5) is 9.13. The molecule has 5 aromatic rings. The zero-order chi connectivity index (χ0) is 23.3. The van der Waals surface area contributed by atoms with E-state index in [4.69, 9.17) is 4.74 Å². The van der Waals surface area contributed by atoms with Gasteiger partial charge in [0.1, 0.15) is 17.2 Å². The Morgan fingerprint density at radius 3 is 2.85 bits per heavy atom. The topological polar surface area (TPSA) is 81.6 Å². The van der Waals surface area contributed by atoms with Crippen molar-refractivity contribution in [3.05, 3.63) is 61.2 Å². The van der Waals surface area contributed by atoms with Gasteiger partial charge in [-0.05, 0) is 37.1 Å². The van der Waals surface area contributed by atoms with E-state index in [2.05, 4.69) is 25.5 Å². The van der Waals surface area contributed by atoms with E-state index in [0.717, 1.165) is 22.3 Å². The Morgan fingerprint density at radius 2 is 2.03 bits per heavy atom. The van der Waals surface area contributed by atoms with E-state index in [0.29, 0.717) is 35.8 Å². The monoisotopic (exact) mass is 461 g/mol. The highest BCUT2D eigenvalue weighted by molar-refractivity contribution is 5.84. The van der Waals surface area contributed by atoms with Crippen molar-refractivity contribution >= 4 is 17.0 Å². The largest absolute Gasteiger partial charge is 0.496 e. The van der Waals surface area contributed by atoms with Crippen molar-refractivity contribution in [1.82, 2.24) is 29.2 Å². The molecule has 1 saturated carbocycles. The molecular weight excluding hydrogens is 440 g/mol. The highest BCUT2D eigenvalue weighted by atomic mass is 19.3. The number of hydrogen-bond donors (Lipinski definition) is 1. The van der Waals surface area contributed by atoms with Crippen LogP contribution in [0.15, 0.2) is 61.2 Å². The van der Waals surface area contributed by atoms with Gasteiger partial charge in [0.25, 0.3) is 5.92 Å². The lowest BCUT2D eigenvalue weighted by atomic mass is 10.1. The standard InChI is InChI=1S/C24H21F2N7O/c1-34-20-11-23-27-13-19(17-5-2-8-22(30-17)31-21-7-3-9-24(21,25)26)32(23)14-16(20)15-12-29-33-18(15)6-4-10-28-33/h2,4-6,8,10-14,21H,3,7,9H2,1H3,(H,30,31). The summed E-state index contributed by atoms with van der Waals surface area (Å²) in [6, 6.07) is 10.1. The predicted octanol–water partition coefficient (Wildman–Crippen LogP) is 4.71. The molecule has 5 heterocycles. The van der Waals surface area contributed by atoms with Gasteiger partial charge in [0, 0.05) is 36.0 Å². The van der Waals surface area contributed by atoms with E-state index >= 15 is 0 Å². The van der Waals surface area contributed by atoms with Crippen molar-refractivity contribution < 1.29 is 13.5 Å². The number of fused-ring (bicyclic) bond motifs is 2. The maximum absolute atomic E-state index is 14.1. The molecule has 0 bridgehead atoms. The van der Waals surface area contributed by atoms with Gasteiger partial charge in [0.05, 0.1) is 42.4 Å². The van der Waals surface area contributed by atoms with Crippen molar-refractivity contribution in [2.45, 2.75) is 31.2 Å². The molecule has 0 spiro atoms. The van der Waals surface area contributed by atoms with Crippen molar-refractivity contribution in [3.8, 4) is 28.3 Å². The number of nitrogens with zero attached hydrogens (tertiary/aromatic N) is 6. The summed E-state index contributed by atoms with van der Waals surface area (Å²) in [5.74, 6) is -1.66. The van der Waals surface area contributed by atoms with Crippen LogP contribution >= 0.6 is 0 Å². The summed E-state index contributed by atoms with van der Waals surface area (Å²) < 4.78 is 37.3. The fraction of sp³-hybridized carbons (Fsp3) is 0.250. The first kappa shape index (κ1) is 20.5. The third kappa shape index (κ3) is 3.33. The average molecular weight is 461 g/mol. The summed E-state index contributed by atoms with van der Waals surface area (Å²) in [6.45, 7) is 0. The predicted molar refractivity (Wildman–Crippen MR) is 123 cm³/mol. The van der Waals surface area contributed by atoms with Crippen LogP contribution in [0.5, 0.6) is 5.75 Å². The fourth-order valence-electron chi connectivity index (χ4n) is 4.55. The van der Waals surface area contributed by atoms with Crippen LogP contribution in [0.2, 0.25) is 0 Å². The number of hydrogen-bond acceptors (Lipinski definition) is 6. The van der Waals surface area contributed by atoms with Crippen LogP contribution in [-0.2, 0) is 0 Å². The molecule has 1 unspecified atom stereocenters. The van der Waals surface area contributed by atoms with Crippen molar-refractivity contribution in [3.63, 3.8) is 0 Å². The molecule has 0 amide bonds. The number of imidazole rings is 1. The number of halogens is 2. The van der Waals surface area contributed by atoms with E-state index in [-0.39, 0.29) is 6.42 Å². The minimum Gasteiger partial charge on any atom is -0.496 e. The first-order valence-electron chi connectivity index (χ1n) is 11.0. The van der Waals surface area contributed by atoms with E-state index < -0.39 is 12.0 Å². The third-order valence-electron chi connectivity index (χ3n) is 6.27. The second-order valence-corrected chi connectivity index (χ2v) is 8.34. The number of pyridine rings is 2. The average Bonchev–Trinajstić information content (AvgIpc) is 3.55. The third-order valence-corrected chi connectivity index (χ3v) is 6.27. The molecule has 10 heteroatoms. The molecule has 1 N–H and O–H groups in total. The lowest BCUT2D eigenvalue weighted by molar-refractivity contribution is -0.000686. The smallest absolute Gasteiger partial charge is 0.267 e. The Bertz CT molecular complexity index is 1510. The molecule has 8 nitrogen and oxygen atoms in total. The number of alkyl halides is 2. The van der Waals surface area contributed by atoms with Gasteiger partial charge in [-0.3, -0.25) is 4.40 Å². The lowest BCUT2D eigenvalue weighted by Gasteiger charge is -2.21. The molecule has 34 heavy (non-hydrogen) atoms. The second kappa shape index (κ2) is 7.75. The first-order chi connectivity index (χ1) is 16.5. The van der Waals surface area contributed by atoms with Gasteiger partial charge in [0.15, 0.2) is 0 Å². The Balaban J connectivity index is 1.44. The van der Waals surface area contributed by atoms with Crippen LogP contribution in [0.3, 0.4) is 0 Å². The Hall–Kier alpha value is -4.08. The molecule has 1 atom stereocenters. The van der Waals surface area contributed by atoms with Crippen molar-refractivity contribution in [2.75, 3.05) is 12.4 Å². The van der Waals surface area contributed by atoms with E-state index in [9.17, 15) is 8.78 Å². The van der Waals surface area contributed by atoms with Crippen LogP contribution in [0.25, 0.3) is 33.7 Å². The Labute approximate surface area is 193 Å². The molecule has 1 fully saturated rings. The fourth-order valence-corrected chi connectivity index (χ4v) is 4.55. The lowest BCUT2D eigenvalue weighted by Crippen LogP contribution is -2.34. The van der Waals surface area contributed by atoms with Crippen LogP contribution in [0.4, 0.5) is 14.6 Å². The van der Waals surface area contributed by atoms with Crippen LogP contribution < -0.4 is 10.1 Å². The number of aromatic nitrogens is 6. The summed E-state index contributed by atoms with van der Waals surface area (Å²) in [5, 5.41) is 11.5. The molecule has 0 radical (unpaired) electrons. The molecule has 0 saturated heterocycles. The maximum Gasteiger partial charge on any atom is 0.267 e. The SMILES string of the molecule is COc1cc2ncc(-c3cccc(NC4CCCC4(F)F)n3)n2cc1-c1cnn2ncccc12. The second-order valence-electron chi connectivity index (χ2n) is 8.34. The molecule has 5 aromatic heterocycles. The number of nitrogens with one attached hydrogen (secondary N) is 1. The summed E-state index contributed by atoms with van der Waals surface area (Å²) in [7, 11) is 1.61. The highest BCUT2D eigenvalue weighted by Gasteiger charge is 2.43. The zero-order valence-electron chi connectivity index (χ0n) is 18.3. The maximum atomic E-state index is 14.1. The van der Waals surface area contributed by atoms with E-state index in [1.165, 1.54) is 0 Å². The van der Waals surface area contributed by atoms with Gasteiger partial charge in [0.2, 0.25) is 0 Å². The van der Waals surface area contributed by atoms with Gasteiger partial charge < -0.3 is 10.1 Å². The molecule has 0 aliphatic heterocycles. The first-order valence-corrected chi connectivity index (χ1v) is 11.0. The Kier molecular flexibility index (Phi) is 4.68. The van der Waals surface area contributed by atoms with Gasteiger partial charge in [-0.2, -0.15) is 14.8 Å². The van der Waals surface area contributed by atoms with Crippen molar-refractivity contribution in [1.29, 1.82) is 0 Å². The summed E-state index contributed by atoms with van der Waals surface area (Å²) >= 11 is 0. The number of methoxy groups -OCH3 is 1. The number of anilines is 1. The molecule has 1 aliphatic rings. The van der Waals surface area contributed by atoms with Gasteiger partial charge >= 0.3 is 0 Å². The van der Waals surface area contributed by atoms with Gasteiger partial charge in [-0.1, -0.05) is 6.07 Å². The van der Waals surface area contributed by atoms with Gasteiger partial charge in [-0.25, -0.2) is 18.7 Å². The summed E-state index contributed by atoms with van der Waals surface area (Å²) in [5.41, 5.74) is 4.54. The Morgan fingerprint density at radius 1 is 1.12 bits per heavy atom. The van der Waals surface area contributed by atoms with E-state index in [1.54, 1.807) is 42.5 Å². The van der Waals surface area contributed by atoms with Crippen LogP contribution in [0, 0.1) is 0 Å². The molecule has 1 aliphatic carbocycles. The quantitative estimate of drug-likeness (QED) is 0.408. The number of rotatable bonds is 5. The molecular formula is C24H21F2N7O. The normalized spacial score (nSPS) is 17.4. The summed E-state index contributed by atoms with van der Waals surface area (Å²) in [6.07, 6.45) is 7.88.